The van der Waals surface area contributed by atoms with Crippen molar-refractivity contribution >= 4 is 46.0 Å². The molecule has 1 aliphatic rings. The van der Waals surface area contributed by atoms with E-state index in [1.807, 2.05) is 36.4 Å². The third kappa shape index (κ3) is 5.75. The number of phenols is 1. The summed E-state index contributed by atoms with van der Waals surface area (Å²) in [5.74, 6) is 0.900. The van der Waals surface area contributed by atoms with E-state index in [4.69, 9.17) is 23.9 Å². The minimum atomic E-state index is -0.844. The number of carbonyl (C=O) groups excluding carboxylic acids is 1. The molecule has 2 heterocycles. The van der Waals surface area contributed by atoms with E-state index in [0.717, 1.165) is 6.42 Å². The summed E-state index contributed by atoms with van der Waals surface area (Å²) < 4.78 is 24.7. The van der Waals surface area contributed by atoms with E-state index in [9.17, 15) is 14.7 Å². The zero-order chi connectivity index (χ0) is 29.0. The fourth-order valence-electron chi connectivity index (χ4n) is 4.56. The number of esters is 1. The SMILES string of the molecule is CCCC1=C(C(=O)OCC)[C@H](c2cc(OC)ccc2OC)n2c(s/c(=C\c3cc(I)c(O)c(OCC)c3)c2=O)=N1. The van der Waals surface area contributed by atoms with Gasteiger partial charge < -0.3 is 24.1 Å². The summed E-state index contributed by atoms with van der Waals surface area (Å²) in [6.07, 6.45) is 3.00. The maximum Gasteiger partial charge on any atom is 0.338 e. The Balaban J connectivity index is 2.04. The van der Waals surface area contributed by atoms with Crippen LogP contribution >= 0.6 is 33.9 Å². The molecule has 0 bridgehead atoms. The first-order valence-corrected chi connectivity index (χ1v) is 14.8. The lowest BCUT2D eigenvalue weighted by molar-refractivity contribution is -0.139. The minimum absolute atomic E-state index is 0.0504. The average Bonchev–Trinajstić information content (AvgIpc) is 3.24. The van der Waals surface area contributed by atoms with Crippen LogP contribution < -0.4 is 29.1 Å². The Morgan fingerprint density at radius 2 is 1.90 bits per heavy atom. The molecule has 11 heteroatoms. The number of phenolic OH excluding ortho intramolecular Hbond substituents is 1. The molecule has 1 aromatic heterocycles. The molecule has 1 atom stereocenters. The van der Waals surface area contributed by atoms with Crippen molar-refractivity contribution in [3.8, 4) is 23.0 Å². The fraction of sp³-hybridized carbons (Fsp3) is 0.345. The van der Waals surface area contributed by atoms with Crippen molar-refractivity contribution in [1.82, 2.24) is 4.57 Å². The minimum Gasteiger partial charge on any atom is -0.504 e. The molecule has 0 fully saturated rings. The molecule has 0 saturated carbocycles. The third-order valence-corrected chi connectivity index (χ3v) is 8.08. The third-order valence-electron chi connectivity index (χ3n) is 6.27. The van der Waals surface area contributed by atoms with Crippen LogP contribution in [0.4, 0.5) is 0 Å². The van der Waals surface area contributed by atoms with Crippen LogP contribution in [0.5, 0.6) is 23.0 Å². The molecule has 1 N–H and O–H groups in total. The van der Waals surface area contributed by atoms with E-state index >= 15 is 0 Å². The molecule has 2 aromatic carbocycles. The molecule has 0 aliphatic carbocycles. The Bertz CT molecular complexity index is 1640. The molecule has 0 radical (unpaired) electrons. The monoisotopic (exact) mass is 678 g/mol. The van der Waals surface area contributed by atoms with E-state index in [0.29, 0.717) is 65.6 Å². The zero-order valence-electron chi connectivity index (χ0n) is 22.9. The van der Waals surface area contributed by atoms with E-state index in [2.05, 4.69) is 0 Å². The highest BCUT2D eigenvalue weighted by molar-refractivity contribution is 14.1. The molecule has 0 saturated heterocycles. The molecule has 212 valence electrons. The first-order valence-electron chi connectivity index (χ1n) is 12.9. The van der Waals surface area contributed by atoms with Gasteiger partial charge in [0.25, 0.3) is 5.56 Å². The van der Waals surface area contributed by atoms with Crippen molar-refractivity contribution in [2.24, 2.45) is 4.99 Å². The number of aromatic nitrogens is 1. The number of fused-ring (bicyclic) bond motifs is 1. The van der Waals surface area contributed by atoms with Gasteiger partial charge in [-0.2, -0.15) is 0 Å². The number of hydrogen-bond donors (Lipinski definition) is 1. The lowest BCUT2D eigenvalue weighted by Gasteiger charge is -2.27. The lowest BCUT2D eigenvalue weighted by atomic mass is 9.93. The number of aromatic hydroxyl groups is 1. The standard InChI is InChI=1S/C29H31IN2O7S/c1-6-9-20-24(28(35)39-8-3)25(18-15-17(36-4)10-11-21(18)37-5)32-27(34)23(40-29(32)31-20)14-16-12-19(30)26(33)22(13-16)38-7-2/h10-15,25,33H,6-9H2,1-5H3/b23-14-/t25-/m0/s1. The maximum atomic E-state index is 14.1. The molecule has 1 aliphatic heterocycles. The van der Waals surface area contributed by atoms with E-state index < -0.39 is 12.0 Å². The van der Waals surface area contributed by atoms with Gasteiger partial charge in [-0.1, -0.05) is 24.7 Å². The van der Waals surface area contributed by atoms with Crippen molar-refractivity contribution in [3.05, 3.63) is 76.0 Å². The van der Waals surface area contributed by atoms with Crippen LogP contribution in [0, 0.1) is 3.57 Å². The fourth-order valence-corrected chi connectivity index (χ4v) is 6.21. The summed E-state index contributed by atoms with van der Waals surface area (Å²) in [4.78, 5) is 32.8. The van der Waals surface area contributed by atoms with Crippen molar-refractivity contribution in [1.29, 1.82) is 0 Å². The molecule has 0 spiro atoms. The topological polar surface area (TPSA) is 109 Å². The van der Waals surface area contributed by atoms with Gasteiger partial charge in [0.15, 0.2) is 16.3 Å². The van der Waals surface area contributed by atoms with Crippen molar-refractivity contribution in [2.75, 3.05) is 27.4 Å². The Kier molecular flexibility index (Phi) is 9.56. The highest BCUT2D eigenvalue weighted by Gasteiger charge is 2.36. The highest BCUT2D eigenvalue weighted by atomic mass is 127. The number of ether oxygens (including phenoxy) is 4. The van der Waals surface area contributed by atoms with Gasteiger partial charge in [0.05, 0.1) is 46.8 Å². The molecular formula is C29H31IN2O7S. The van der Waals surface area contributed by atoms with E-state index in [1.54, 1.807) is 50.4 Å². The van der Waals surface area contributed by atoms with Crippen LogP contribution in [0.3, 0.4) is 0 Å². The predicted octanol–water partition coefficient (Wildman–Crippen LogP) is 4.30. The summed E-state index contributed by atoms with van der Waals surface area (Å²) in [5, 5.41) is 10.4. The second kappa shape index (κ2) is 12.9. The number of halogens is 1. The molecule has 4 rings (SSSR count). The second-order valence-electron chi connectivity index (χ2n) is 8.80. The van der Waals surface area contributed by atoms with Gasteiger partial charge in [-0.05, 0) is 84.8 Å². The number of thiazole rings is 1. The van der Waals surface area contributed by atoms with E-state index in [1.165, 1.54) is 23.0 Å². The van der Waals surface area contributed by atoms with Crippen LogP contribution in [-0.4, -0.2) is 43.1 Å². The summed E-state index contributed by atoms with van der Waals surface area (Å²) in [6.45, 7) is 6.14. The average molecular weight is 679 g/mol. The number of carbonyl (C=O) groups is 1. The Labute approximate surface area is 249 Å². The molecule has 9 nitrogen and oxygen atoms in total. The van der Waals surface area contributed by atoms with Gasteiger partial charge in [0, 0.05) is 5.56 Å². The van der Waals surface area contributed by atoms with Crippen LogP contribution in [0.25, 0.3) is 6.08 Å². The number of benzene rings is 2. The predicted molar refractivity (Wildman–Crippen MR) is 161 cm³/mol. The second-order valence-corrected chi connectivity index (χ2v) is 11.0. The van der Waals surface area contributed by atoms with Gasteiger partial charge in [-0.25, -0.2) is 9.79 Å². The number of nitrogens with zero attached hydrogens (tertiary/aromatic N) is 2. The summed E-state index contributed by atoms with van der Waals surface area (Å²) in [5.41, 5.74) is 1.81. The molecular weight excluding hydrogens is 647 g/mol. The van der Waals surface area contributed by atoms with Gasteiger partial charge in [0.2, 0.25) is 0 Å². The summed E-state index contributed by atoms with van der Waals surface area (Å²) >= 11 is 3.25. The van der Waals surface area contributed by atoms with Gasteiger partial charge in [0.1, 0.15) is 17.5 Å². The summed E-state index contributed by atoms with van der Waals surface area (Å²) in [6, 6.07) is 7.89. The Morgan fingerprint density at radius 1 is 1.12 bits per heavy atom. The van der Waals surface area contributed by atoms with Crippen molar-refractivity contribution < 1.29 is 28.8 Å². The Hall–Kier alpha value is -3.32. The first-order chi connectivity index (χ1) is 19.3. The van der Waals surface area contributed by atoms with Crippen LogP contribution in [0.2, 0.25) is 0 Å². The van der Waals surface area contributed by atoms with Crippen LogP contribution in [-0.2, 0) is 9.53 Å². The van der Waals surface area contributed by atoms with Crippen LogP contribution in [0.15, 0.2) is 51.4 Å². The lowest BCUT2D eigenvalue weighted by Crippen LogP contribution is -2.40. The molecule has 0 amide bonds. The quantitative estimate of drug-likeness (QED) is 0.252. The highest BCUT2D eigenvalue weighted by Crippen LogP contribution is 2.39. The van der Waals surface area contributed by atoms with E-state index in [-0.39, 0.29) is 17.9 Å². The Morgan fingerprint density at radius 3 is 2.55 bits per heavy atom. The summed E-state index contributed by atoms with van der Waals surface area (Å²) in [7, 11) is 3.09. The number of allylic oxidation sites excluding steroid dienone is 1. The normalized spacial score (nSPS) is 14.9. The first kappa shape index (κ1) is 29.7. The van der Waals surface area contributed by atoms with Crippen molar-refractivity contribution in [2.45, 2.75) is 39.7 Å². The maximum absolute atomic E-state index is 14.1. The number of methoxy groups -OCH3 is 2. The number of rotatable bonds is 10. The van der Waals surface area contributed by atoms with Crippen molar-refractivity contribution in [3.63, 3.8) is 0 Å². The zero-order valence-corrected chi connectivity index (χ0v) is 25.9. The number of hydrogen-bond acceptors (Lipinski definition) is 9. The molecule has 40 heavy (non-hydrogen) atoms. The van der Waals surface area contributed by atoms with Gasteiger partial charge >= 0.3 is 5.97 Å². The largest absolute Gasteiger partial charge is 0.504 e. The van der Waals surface area contributed by atoms with Gasteiger partial charge in [-0.3, -0.25) is 9.36 Å². The molecule has 0 unspecified atom stereocenters. The smallest absolute Gasteiger partial charge is 0.338 e. The van der Waals surface area contributed by atoms with Gasteiger partial charge in [-0.15, -0.1) is 0 Å². The molecule has 3 aromatic rings. The van der Waals surface area contributed by atoms with Crippen LogP contribution in [0.1, 0.15) is 50.8 Å².